The Balaban J connectivity index is 1.19. The van der Waals surface area contributed by atoms with Gasteiger partial charge in [0.25, 0.3) is 11.1 Å². The first kappa shape index (κ1) is 22.3. The lowest BCUT2D eigenvalue weighted by atomic mass is 10.1. The van der Waals surface area contributed by atoms with E-state index in [0.29, 0.717) is 22.6 Å². The summed E-state index contributed by atoms with van der Waals surface area (Å²) < 4.78 is 19.6. The number of carbonyl (C=O) groups is 1. The Morgan fingerprint density at radius 1 is 1.06 bits per heavy atom. The van der Waals surface area contributed by atoms with E-state index in [1.807, 2.05) is 62.4 Å². The topological polar surface area (TPSA) is 79.4 Å². The number of ether oxygens (including phenoxy) is 2. The molecule has 0 aliphatic carbocycles. The third-order valence-corrected chi connectivity index (χ3v) is 6.69. The minimum Gasteiger partial charge on any atom is -0.485 e. The van der Waals surface area contributed by atoms with E-state index in [0.717, 1.165) is 29.9 Å². The van der Waals surface area contributed by atoms with E-state index in [1.54, 1.807) is 0 Å². The van der Waals surface area contributed by atoms with Crippen molar-refractivity contribution in [2.75, 3.05) is 12.4 Å². The van der Waals surface area contributed by atoms with Crippen molar-refractivity contribution in [3.05, 3.63) is 89.1 Å². The highest BCUT2D eigenvalue weighted by atomic mass is 32.2. The standard InChI is InChI=1S/C26H25N3O4S/c1-17-14-20(18(2)29(17)13-12-19-8-4-3-5-9-19)21(30)16-34-26-28-27-25(33-26)24-15-31-22-10-6-7-11-23(22)32-24/h3-11,14,24H,12-13,15-16H2,1-2H3/t24-/m0/s1. The molecule has 3 heterocycles. The smallest absolute Gasteiger partial charge is 0.277 e. The monoisotopic (exact) mass is 475 g/mol. The summed E-state index contributed by atoms with van der Waals surface area (Å²) in [6.07, 6.45) is 0.442. The van der Waals surface area contributed by atoms with Crippen molar-refractivity contribution in [3.63, 3.8) is 0 Å². The number of hydrogen-bond donors (Lipinski definition) is 0. The zero-order chi connectivity index (χ0) is 23.5. The lowest BCUT2D eigenvalue weighted by Gasteiger charge is -2.23. The van der Waals surface area contributed by atoms with Gasteiger partial charge in [-0.05, 0) is 44.0 Å². The van der Waals surface area contributed by atoms with E-state index in [-0.39, 0.29) is 18.1 Å². The van der Waals surface area contributed by atoms with Crippen molar-refractivity contribution >= 4 is 17.5 Å². The van der Waals surface area contributed by atoms with Gasteiger partial charge in [-0.1, -0.05) is 54.2 Å². The number of carbonyl (C=O) groups excluding carboxylic acids is 1. The van der Waals surface area contributed by atoms with Gasteiger partial charge in [0.2, 0.25) is 6.10 Å². The van der Waals surface area contributed by atoms with Crippen molar-refractivity contribution < 1.29 is 18.7 Å². The number of hydrogen-bond acceptors (Lipinski definition) is 7. The molecule has 7 nitrogen and oxygen atoms in total. The van der Waals surface area contributed by atoms with Crippen molar-refractivity contribution in [2.45, 2.75) is 38.1 Å². The number of thioether (sulfide) groups is 1. The van der Waals surface area contributed by atoms with E-state index in [4.69, 9.17) is 13.9 Å². The Hall–Kier alpha value is -3.52. The van der Waals surface area contributed by atoms with E-state index < -0.39 is 6.10 Å². The first-order chi connectivity index (χ1) is 16.6. The summed E-state index contributed by atoms with van der Waals surface area (Å²) in [6, 6.07) is 19.8. The molecule has 0 radical (unpaired) electrons. The van der Waals surface area contributed by atoms with Crippen LogP contribution in [0.3, 0.4) is 0 Å². The predicted molar refractivity (Wildman–Crippen MR) is 129 cm³/mol. The van der Waals surface area contributed by atoms with Crippen LogP contribution in [0.1, 0.15) is 39.3 Å². The molecule has 0 N–H and O–H groups in total. The van der Waals surface area contributed by atoms with Gasteiger partial charge in [-0.3, -0.25) is 4.79 Å². The number of para-hydroxylation sites is 2. The second kappa shape index (κ2) is 9.77. The summed E-state index contributed by atoms with van der Waals surface area (Å²) in [7, 11) is 0. The molecule has 0 fully saturated rings. The largest absolute Gasteiger partial charge is 0.485 e. The molecule has 0 spiro atoms. The van der Waals surface area contributed by atoms with Gasteiger partial charge in [0, 0.05) is 23.5 Å². The van der Waals surface area contributed by atoms with Gasteiger partial charge in [-0.25, -0.2) is 0 Å². The Bertz CT molecular complexity index is 1300. The quantitative estimate of drug-likeness (QED) is 0.255. The second-order valence-electron chi connectivity index (χ2n) is 8.15. The number of aryl methyl sites for hydroxylation is 2. The first-order valence-corrected chi connectivity index (χ1v) is 12.2. The molecule has 174 valence electrons. The molecule has 4 aromatic rings. The van der Waals surface area contributed by atoms with Gasteiger partial charge < -0.3 is 18.5 Å². The molecular weight excluding hydrogens is 450 g/mol. The van der Waals surface area contributed by atoms with E-state index in [9.17, 15) is 4.79 Å². The highest BCUT2D eigenvalue weighted by molar-refractivity contribution is 7.99. The maximum absolute atomic E-state index is 13.0. The maximum Gasteiger partial charge on any atom is 0.277 e. The van der Waals surface area contributed by atoms with Gasteiger partial charge in [-0.2, -0.15) is 0 Å². The van der Waals surface area contributed by atoms with Crippen LogP contribution in [0.2, 0.25) is 0 Å². The average Bonchev–Trinajstić information content (AvgIpc) is 3.46. The summed E-state index contributed by atoms with van der Waals surface area (Å²) in [6.45, 7) is 5.16. The van der Waals surface area contributed by atoms with Crippen LogP contribution in [0, 0.1) is 13.8 Å². The zero-order valence-electron chi connectivity index (χ0n) is 19.1. The summed E-state index contributed by atoms with van der Waals surface area (Å²) in [5.74, 6) is 1.93. The third-order valence-electron chi connectivity index (χ3n) is 5.87. The van der Waals surface area contributed by atoms with Crippen LogP contribution in [0.15, 0.2) is 70.3 Å². The molecule has 0 bridgehead atoms. The van der Waals surface area contributed by atoms with Crippen LogP contribution in [0.25, 0.3) is 0 Å². The fourth-order valence-electron chi connectivity index (χ4n) is 4.07. The van der Waals surface area contributed by atoms with E-state index >= 15 is 0 Å². The third kappa shape index (κ3) is 4.72. The van der Waals surface area contributed by atoms with Gasteiger partial charge in [0.05, 0.1) is 5.75 Å². The van der Waals surface area contributed by atoms with Crippen molar-refractivity contribution in [3.8, 4) is 11.5 Å². The average molecular weight is 476 g/mol. The second-order valence-corrected chi connectivity index (χ2v) is 9.08. The minimum absolute atomic E-state index is 0.0370. The summed E-state index contributed by atoms with van der Waals surface area (Å²) in [4.78, 5) is 13.0. The normalized spacial score (nSPS) is 14.8. The minimum atomic E-state index is -0.476. The molecule has 5 rings (SSSR count). The number of rotatable bonds is 8. The molecule has 0 amide bonds. The van der Waals surface area contributed by atoms with Gasteiger partial charge in [0.15, 0.2) is 17.3 Å². The molecule has 2 aromatic carbocycles. The molecular formula is C26H25N3O4S. The van der Waals surface area contributed by atoms with Crippen LogP contribution in [0.4, 0.5) is 0 Å². The Labute approximate surface area is 202 Å². The molecule has 8 heteroatoms. The van der Waals surface area contributed by atoms with E-state index in [2.05, 4.69) is 26.9 Å². The van der Waals surface area contributed by atoms with E-state index in [1.165, 1.54) is 17.3 Å². The summed E-state index contributed by atoms with van der Waals surface area (Å²) in [5.41, 5.74) is 4.08. The molecule has 34 heavy (non-hydrogen) atoms. The molecule has 0 saturated heterocycles. The molecule has 1 aliphatic heterocycles. The van der Waals surface area contributed by atoms with Crippen LogP contribution in [-0.2, 0) is 13.0 Å². The number of ketones is 1. The number of Topliss-reactive ketones (excluding diaryl/α,β-unsaturated/α-hetero) is 1. The lowest BCUT2D eigenvalue weighted by Crippen LogP contribution is -2.21. The first-order valence-electron chi connectivity index (χ1n) is 11.2. The lowest BCUT2D eigenvalue weighted by molar-refractivity contribution is 0.0686. The molecule has 0 unspecified atom stereocenters. The van der Waals surface area contributed by atoms with Crippen LogP contribution < -0.4 is 9.47 Å². The fraction of sp³-hybridized carbons (Fsp3) is 0.269. The number of nitrogens with zero attached hydrogens (tertiary/aromatic N) is 3. The highest BCUT2D eigenvalue weighted by Crippen LogP contribution is 2.36. The Morgan fingerprint density at radius 3 is 2.65 bits per heavy atom. The van der Waals surface area contributed by atoms with Gasteiger partial charge >= 0.3 is 0 Å². The molecule has 1 atom stereocenters. The molecule has 2 aromatic heterocycles. The van der Waals surface area contributed by atoms with Crippen molar-refractivity contribution in [1.82, 2.24) is 14.8 Å². The van der Waals surface area contributed by atoms with Crippen LogP contribution in [0.5, 0.6) is 11.5 Å². The number of aromatic nitrogens is 3. The van der Waals surface area contributed by atoms with Crippen LogP contribution >= 0.6 is 11.8 Å². The van der Waals surface area contributed by atoms with Crippen molar-refractivity contribution in [2.24, 2.45) is 0 Å². The number of fused-ring (bicyclic) bond motifs is 1. The molecule has 0 saturated carbocycles. The summed E-state index contributed by atoms with van der Waals surface area (Å²) >= 11 is 1.23. The highest BCUT2D eigenvalue weighted by Gasteiger charge is 2.27. The Morgan fingerprint density at radius 2 is 1.82 bits per heavy atom. The summed E-state index contributed by atoms with van der Waals surface area (Å²) in [5, 5.41) is 8.51. The SMILES string of the molecule is Cc1cc(C(=O)CSc2nnc([C@@H]3COc4ccccc4O3)o2)c(C)n1CCc1ccccc1. The van der Waals surface area contributed by atoms with Crippen LogP contribution in [-0.4, -0.2) is 32.9 Å². The predicted octanol–water partition coefficient (Wildman–Crippen LogP) is 5.22. The van der Waals surface area contributed by atoms with Gasteiger partial charge in [0.1, 0.15) is 6.61 Å². The zero-order valence-corrected chi connectivity index (χ0v) is 19.9. The maximum atomic E-state index is 13.0. The fourth-order valence-corrected chi connectivity index (χ4v) is 4.72. The Kier molecular flexibility index (Phi) is 6.40. The van der Waals surface area contributed by atoms with Gasteiger partial charge in [-0.15, -0.1) is 10.2 Å². The number of benzene rings is 2. The van der Waals surface area contributed by atoms with Crippen molar-refractivity contribution in [1.29, 1.82) is 0 Å². The molecule has 1 aliphatic rings.